The first kappa shape index (κ1) is 14.4. The molecule has 0 aliphatic rings. The number of nitrogens with two attached hydrogens (primary N) is 1. The first-order valence-corrected chi connectivity index (χ1v) is 6.19. The Morgan fingerprint density at radius 3 is 3.06 bits per heavy atom. The van der Waals surface area contributed by atoms with Gasteiger partial charge in [0.15, 0.2) is 5.03 Å². The monoisotopic (exact) mass is 271 g/mol. The molecule has 1 heterocycles. The molecule has 0 saturated carbocycles. The third kappa shape index (κ3) is 3.97. The first-order chi connectivity index (χ1) is 8.56. The number of carbonyl (C=O) groups excluding carboxylic acids is 1. The summed E-state index contributed by atoms with van der Waals surface area (Å²) in [5.41, 5.74) is 5.49. The van der Waals surface area contributed by atoms with Crippen LogP contribution in [0.4, 0.5) is 5.69 Å². The molecule has 0 spiro atoms. The third-order valence-electron chi connectivity index (χ3n) is 1.94. The maximum atomic E-state index is 11.3. The molecule has 1 aromatic heterocycles. The van der Waals surface area contributed by atoms with Gasteiger partial charge in [0.25, 0.3) is 0 Å². The molecule has 0 saturated heterocycles. The number of nitro groups is 1. The van der Waals surface area contributed by atoms with Crippen molar-refractivity contribution in [3.63, 3.8) is 0 Å². The van der Waals surface area contributed by atoms with E-state index in [1.165, 1.54) is 18.3 Å². The van der Waals surface area contributed by atoms with Crippen LogP contribution in [0.15, 0.2) is 23.4 Å². The molecule has 0 aromatic carbocycles. The van der Waals surface area contributed by atoms with Crippen LogP contribution >= 0.6 is 11.8 Å². The quantitative estimate of drug-likeness (QED) is 0.355. The Bertz CT molecular complexity index is 441. The molecule has 7 nitrogen and oxygen atoms in total. The van der Waals surface area contributed by atoms with Crippen LogP contribution in [0.25, 0.3) is 0 Å². The maximum absolute atomic E-state index is 11.3. The van der Waals surface area contributed by atoms with Crippen LogP contribution in [-0.4, -0.2) is 34.3 Å². The Morgan fingerprint density at radius 1 is 1.72 bits per heavy atom. The molecular formula is C10H13N3O4S. The van der Waals surface area contributed by atoms with Gasteiger partial charge in [-0.05, 0) is 13.0 Å². The number of esters is 1. The number of pyridine rings is 1. The molecule has 1 rings (SSSR count). The number of aromatic nitrogens is 1. The van der Waals surface area contributed by atoms with Crippen molar-refractivity contribution in [1.29, 1.82) is 0 Å². The van der Waals surface area contributed by atoms with Crippen molar-refractivity contribution < 1.29 is 14.5 Å². The lowest BCUT2D eigenvalue weighted by atomic mass is 10.4. The molecule has 0 amide bonds. The molecule has 0 bridgehead atoms. The van der Waals surface area contributed by atoms with E-state index in [2.05, 4.69) is 4.98 Å². The average molecular weight is 271 g/mol. The Labute approximate surface area is 108 Å². The van der Waals surface area contributed by atoms with Gasteiger partial charge >= 0.3 is 11.7 Å². The zero-order valence-corrected chi connectivity index (χ0v) is 10.6. The summed E-state index contributed by atoms with van der Waals surface area (Å²) < 4.78 is 4.74. The zero-order chi connectivity index (χ0) is 13.5. The van der Waals surface area contributed by atoms with Crippen LogP contribution in [-0.2, 0) is 9.53 Å². The fraction of sp³-hybridized carbons (Fsp3) is 0.400. The number of nitrogens with zero attached hydrogens (tertiary/aromatic N) is 2. The molecule has 98 valence electrons. The molecule has 0 aliphatic heterocycles. The number of hydrogen-bond acceptors (Lipinski definition) is 7. The average Bonchev–Trinajstić information content (AvgIpc) is 2.36. The van der Waals surface area contributed by atoms with Crippen molar-refractivity contribution in [2.24, 2.45) is 5.73 Å². The van der Waals surface area contributed by atoms with E-state index >= 15 is 0 Å². The highest BCUT2D eigenvalue weighted by molar-refractivity contribution is 7.99. The van der Waals surface area contributed by atoms with Crippen LogP contribution in [0.5, 0.6) is 0 Å². The van der Waals surface area contributed by atoms with Crippen molar-refractivity contribution in [3.05, 3.63) is 28.4 Å². The second-order valence-corrected chi connectivity index (χ2v) is 4.26. The highest BCUT2D eigenvalue weighted by atomic mass is 32.2. The minimum atomic E-state index is -0.823. The summed E-state index contributed by atoms with van der Waals surface area (Å²) in [6, 6.07) is 2.01. The Balaban J connectivity index is 2.63. The molecule has 1 atom stereocenters. The molecule has 0 fully saturated rings. The summed E-state index contributed by atoms with van der Waals surface area (Å²) in [7, 11) is 0. The van der Waals surface area contributed by atoms with Crippen LogP contribution in [0, 0.1) is 10.1 Å². The van der Waals surface area contributed by atoms with Crippen molar-refractivity contribution in [2.75, 3.05) is 12.4 Å². The predicted molar refractivity (Wildman–Crippen MR) is 66.2 cm³/mol. The number of carbonyl (C=O) groups is 1. The maximum Gasteiger partial charge on any atom is 0.323 e. The Kier molecular flexibility index (Phi) is 5.53. The van der Waals surface area contributed by atoms with Gasteiger partial charge in [-0.25, -0.2) is 4.98 Å². The smallest absolute Gasteiger partial charge is 0.323 e. The highest BCUT2D eigenvalue weighted by Crippen LogP contribution is 2.26. The summed E-state index contributed by atoms with van der Waals surface area (Å²) in [4.78, 5) is 25.4. The van der Waals surface area contributed by atoms with E-state index in [4.69, 9.17) is 10.5 Å². The van der Waals surface area contributed by atoms with Gasteiger partial charge in [-0.15, -0.1) is 0 Å². The lowest BCUT2D eigenvalue weighted by Crippen LogP contribution is -2.34. The summed E-state index contributed by atoms with van der Waals surface area (Å²) >= 11 is 1.06. The summed E-state index contributed by atoms with van der Waals surface area (Å²) in [5, 5.41) is 11.0. The Hall–Kier alpha value is -1.67. The van der Waals surface area contributed by atoms with Gasteiger partial charge in [0.05, 0.1) is 11.5 Å². The topological polar surface area (TPSA) is 108 Å². The van der Waals surface area contributed by atoms with E-state index in [-0.39, 0.29) is 23.1 Å². The van der Waals surface area contributed by atoms with Crippen LogP contribution in [0.2, 0.25) is 0 Å². The zero-order valence-electron chi connectivity index (χ0n) is 9.74. The van der Waals surface area contributed by atoms with Crippen LogP contribution in [0.1, 0.15) is 6.92 Å². The minimum absolute atomic E-state index is 0.0986. The largest absolute Gasteiger partial charge is 0.465 e. The molecule has 0 aliphatic carbocycles. The normalized spacial score (nSPS) is 11.9. The van der Waals surface area contributed by atoms with Crippen LogP contribution in [0.3, 0.4) is 0 Å². The number of thioether (sulfide) groups is 1. The third-order valence-corrected chi connectivity index (χ3v) is 3.05. The number of rotatable bonds is 6. The summed E-state index contributed by atoms with van der Waals surface area (Å²) in [6.45, 7) is 1.93. The van der Waals surface area contributed by atoms with E-state index in [0.717, 1.165) is 11.8 Å². The van der Waals surface area contributed by atoms with Crippen molar-refractivity contribution in [1.82, 2.24) is 4.98 Å². The van der Waals surface area contributed by atoms with E-state index < -0.39 is 16.9 Å². The van der Waals surface area contributed by atoms with Gasteiger partial charge in [0.2, 0.25) is 0 Å². The standard InChI is InChI=1S/C10H13N3O4S/c1-2-17-10(14)7(11)6-18-9-8(13(15)16)4-3-5-12-9/h3-5,7H,2,6,11H2,1H3/t7-/m1/s1. The van der Waals surface area contributed by atoms with Crippen molar-refractivity contribution in [2.45, 2.75) is 18.0 Å². The fourth-order valence-electron chi connectivity index (χ4n) is 1.12. The second-order valence-electron chi connectivity index (χ2n) is 3.25. The summed E-state index contributed by atoms with van der Waals surface area (Å²) in [6.07, 6.45) is 1.45. The first-order valence-electron chi connectivity index (χ1n) is 5.20. The van der Waals surface area contributed by atoms with Crippen molar-refractivity contribution in [3.8, 4) is 0 Å². The number of ether oxygens (including phenoxy) is 1. The lowest BCUT2D eigenvalue weighted by Gasteiger charge is -2.09. The predicted octanol–water partition coefficient (Wildman–Crippen LogP) is 0.972. The number of hydrogen-bond donors (Lipinski definition) is 1. The van der Waals surface area contributed by atoms with E-state index in [1.807, 2.05) is 0 Å². The summed E-state index contributed by atoms with van der Waals surface area (Å²) in [5.74, 6) is -0.347. The molecule has 0 radical (unpaired) electrons. The molecule has 18 heavy (non-hydrogen) atoms. The molecule has 8 heteroatoms. The van der Waals surface area contributed by atoms with Gasteiger partial charge in [-0.2, -0.15) is 0 Å². The fourth-order valence-corrected chi connectivity index (χ4v) is 2.02. The van der Waals surface area contributed by atoms with Gasteiger partial charge in [0.1, 0.15) is 6.04 Å². The van der Waals surface area contributed by atoms with E-state index in [1.54, 1.807) is 6.92 Å². The molecular weight excluding hydrogens is 258 g/mol. The van der Waals surface area contributed by atoms with Crippen molar-refractivity contribution >= 4 is 23.4 Å². The van der Waals surface area contributed by atoms with Gasteiger partial charge in [-0.3, -0.25) is 14.9 Å². The highest BCUT2D eigenvalue weighted by Gasteiger charge is 2.19. The SMILES string of the molecule is CCOC(=O)[C@H](N)CSc1ncccc1[N+](=O)[O-]. The molecule has 1 aromatic rings. The van der Waals surface area contributed by atoms with Gasteiger partial charge in [0, 0.05) is 18.0 Å². The van der Waals surface area contributed by atoms with Gasteiger partial charge < -0.3 is 10.5 Å². The van der Waals surface area contributed by atoms with E-state index in [9.17, 15) is 14.9 Å². The minimum Gasteiger partial charge on any atom is -0.465 e. The lowest BCUT2D eigenvalue weighted by molar-refractivity contribution is -0.388. The molecule has 0 unspecified atom stereocenters. The van der Waals surface area contributed by atoms with E-state index in [0.29, 0.717) is 0 Å². The molecule has 2 N–H and O–H groups in total. The van der Waals surface area contributed by atoms with Crippen LogP contribution < -0.4 is 5.73 Å². The second kappa shape index (κ2) is 6.92. The Morgan fingerprint density at radius 2 is 2.44 bits per heavy atom. The van der Waals surface area contributed by atoms with Gasteiger partial charge in [-0.1, -0.05) is 11.8 Å².